The number of aromatic nitrogens is 3. The molecule has 32 heavy (non-hydrogen) atoms. The summed E-state index contributed by atoms with van der Waals surface area (Å²) in [6.45, 7) is 5.47. The molecular weight excluding hydrogens is 411 g/mol. The molecule has 0 fully saturated rings. The predicted octanol–water partition coefficient (Wildman–Crippen LogP) is 4.70. The maximum absolute atomic E-state index is 14.2. The normalized spacial score (nSPS) is 14.8. The Morgan fingerprint density at radius 1 is 1.16 bits per heavy atom. The van der Waals surface area contributed by atoms with Crippen molar-refractivity contribution in [3.8, 4) is 0 Å². The number of carbonyl (C=O) groups excluding carboxylic acids is 2. The summed E-state index contributed by atoms with van der Waals surface area (Å²) in [5.74, 6) is -0.849. The van der Waals surface area contributed by atoms with Crippen LogP contribution in [0.15, 0.2) is 36.5 Å². The van der Waals surface area contributed by atoms with Crippen molar-refractivity contribution in [2.45, 2.75) is 32.8 Å². The molecule has 0 bridgehead atoms. The van der Waals surface area contributed by atoms with Gasteiger partial charge in [0.2, 0.25) is 0 Å². The Bertz CT molecular complexity index is 1600. The topological polar surface area (TPSA) is 76.8 Å². The minimum absolute atomic E-state index is 0.190. The Morgan fingerprint density at radius 2 is 1.97 bits per heavy atom. The van der Waals surface area contributed by atoms with Crippen molar-refractivity contribution < 1.29 is 18.7 Å². The predicted molar refractivity (Wildman–Crippen MR) is 118 cm³/mol. The van der Waals surface area contributed by atoms with Gasteiger partial charge < -0.3 is 4.74 Å². The third kappa shape index (κ3) is 2.52. The molecular formula is C24H19FN4O3. The number of imide groups is 1. The minimum atomic E-state index is -0.726. The lowest BCUT2D eigenvalue weighted by Gasteiger charge is -2.30. The van der Waals surface area contributed by atoms with Crippen LogP contribution in [0, 0.1) is 5.82 Å². The van der Waals surface area contributed by atoms with Gasteiger partial charge in [0.25, 0.3) is 5.91 Å². The Hall–Kier alpha value is -3.81. The van der Waals surface area contributed by atoms with E-state index in [1.807, 2.05) is 12.1 Å². The minimum Gasteiger partial charge on any atom is -0.443 e. The Morgan fingerprint density at radius 3 is 2.75 bits per heavy atom. The fourth-order valence-electron chi connectivity index (χ4n) is 4.62. The summed E-state index contributed by atoms with van der Waals surface area (Å²) < 4.78 is 21.4. The number of amides is 2. The van der Waals surface area contributed by atoms with Gasteiger partial charge in [-0.05, 0) is 45.0 Å². The number of hydrogen-bond acceptors (Lipinski definition) is 5. The molecule has 0 radical (unpaired) electrons. The summed E-state index contributed by atoms with van der Waals surface area (Å²) in [6.07, 6.45) is 1.45. The molecule has 2 aromatic carbocycles. The highest BCUT2D eigenvalue weighted by Crippen LogP contribution is 2.39. The number of ether oxygens (including phenoxy) is 1. The van der Waals surface area contributed by atoms with Crippen molar-refractivity contribution in [3.05, 3.63) is 53.6 Å². The van der Waals surface area contributed by atoms with E-state index >= 15 is 0 Å². The molecule has 0 N–H and O–H groups in total. The first-order valence-electron chi connectivity index (χ1n) is 10.4. The van der Waals surface area contributed by atoms with Crippen LogP contribution < -0.4 is 0 Å². The summed E-state index contributed by atoms with van der Waals surface area (Å²) in [7, 11) is 0. The molecule has 2 amide bonds. The number of carbonyl (C=O) groups is 2. The van der Waals surface area contributed by atoms with Gasteiger partial charge in [0.1, 0.15) is 11.4 Å². The molecule has 6 rings (SSSR count). The number of nitrogens with zero attached hydrogens (tertiary/aromatic N) is 4. The van der Waals surface area contributed by atoms with Gasteiger partial charge in [-0.3, -0.25) is 9.78 Å². The first kappa shape index (κ1) is 18.9. The Kier molecular flexibility index (Phi) is 3.62. The van der Waals surface area contributed by atoms with Crippen LogP contribution in [0.3, 0.4) is 0 Å². The molecule has 1 aliphatic heterocycles. The molecule has 0 atom stereocenters. The lowest BCUT2D eigenvalue weighted by molar-refractivity contribution is 0.0233. The number of pyridine rings is 2. The van der Waals surface area contributed by atoms with E-state index in [-0.39, 0.29) is 6.54 Å². The first-order chi connectivity index (χ1) is 15.2. The molecule has 7 nitrogen and oxygen atoms in total. The van der Waals surface area contributed by atoms with E-state index < -0.39 is 23.4 Å². The van der Waals surface area contributed by atoms with Crippen LogP contribution >= 0.6 is 0 Å². The van der Waals surface area contributed by atoms with E-state index in [0.717, 1.165) is 26.7 Å². The Balaban J connectivity index is 1.71. The van der Waals surface area contributed by atoms with E-state index in [4.69, 9.17) is 9.72 Å². The van der Waals surface area contributed by atoms with Crippen molar-refractivity contribution in [2.24, 2.45) is 0 Å². The van der Waals surface area contributed by atoms with Crippen LogP contribution in [0.5, 0.6) is 0 Å². The molecule has 0 saturated heterocycles. The molecule has 0 saturated carbocycles. The summed E-state index contributed by atoms with van der Waals surface area (Å²) >= 11 is 0. The van der Waals surface area contributed by atoms with Gasteiger partial charge in [0.05, 0.1) is 34.0 Å². The first-order valence-corrected chi connectivity index (χ1v) is 10.4. The van der Waals surface area contributed by atoms with Gasteiger partial charge in [0.15, 0.2) is 0 Å². The lowest BCUT2D eigenvalue weighted by Crippen LogP contribution is -2.45. The maximum atomic E-state index is 14.2. The zero-order valence-electron chi connectivity index (χ0n) is 17.8. The van der Waals surface area contributed by atoms with Crippen LogP contribution in [0.25, 0.3) is 38.1 Å². The van der Waals surface area contributed by atoms with E-state index in [9.17, 15) is 14.0 Å². The average Bonchev–Trinajstić information content (AvgIpc) is 3.16. The number of halogens is 1. The SMILES string of the molecule is CC(C)(C)OC(=O)N1CCc2nc3ccc4cnn5c6cc(F)ccc6c(c2C1=O)c3c45. The third-order valence-corrected chi connectivity index (χ3v) is 5.86. The van der Waals surface area contributed by atoms with Gasteiger partial charge in [-0.2, -0.15) is 5.10 Å². The van der Waals surface area contributed by atoms with Crippen LogP contribution in [-0.2, 0) is 11.2 Å². The van der Waals surface area contributed by atoms with E-state index in [1.165, 1.54) is 12.1 Å². The van der Waals surface area contributed by atoms with Crippen LogP contribution in [0.4, 0.5) is 9.18 Å². The molecule has 8 heteroatoms. The monoisotopic (exact) mass is 430 g/mol. The Labute approximate surface area is 181 Å². The second kappa shape index (κ2) is 6.12. The van der Waals surface area contributed by atoms with Gasteiger partial charge in [0, 0.05) is 40.6 Å². The zero-order chi connectivity index (χ0) is 22.4. The maximum Gasteiger partial charge on any atom is 0.417 e. The van der Waals surface area contributed by atoms with Crippen LogP contribution in [0.2, 0.25) is 0 Å². The van der Waals surface area contributed by atoms with Crippen molar-refractivity contribution in [1.29, 1.82) is 0 Å². The largest absolute Gasteiger partial charge is 0.443 e. The van der Waals surface area contributed by atoms with E-state index in [2.05, 4.69) is 5.10 Å². The van der Waals surface area contributed by atoms with Gasteiger partial charge in [-0.25, -0.2) is 18.6 Å². The second-order valence-corrected chi connectivity index (χ2v) is 9.11. The molecule has 5 aromatic rings. The summed E-state index contributed by atoms with van der Waals surface area (Å²) in [5.41, 5.74) is 2.32. The zero-order valence-corrected chi connectivity index (χ0v) is 17.8. The van der Waals surface area contributed by atoms with Crippen LogP contribution in [0.1, 0.15) is 36.8 Å². The highest BCUT2D eigenvalue weighted by atomic mass is 19.1. The van der Waals surface area contributed by atoms with E-state index in [1.54, 1.807) is 37.5 Å². The molecule has 0 aliphatic carbocycles. The quantitative estimate of drug-likeness (QED) is 0.263. The number of hydrogen-bond donors (Lipinski definition) is 0. The molecule has 0 spiro atoms. The van der Waals surface area contributed by atoms with Crippen molar-refractivity contribution in [2.75, 3.05) is 6.54 Å². The number of rotatable bonds is 0. The van der Waals surface area contributed by atoms with Crippen LogP contribution in [-0.4, -0.2) is 43.6 Å². The fourth-order valence-corrected chi connectivity index (χ4v) is 4.62. The number of benzene rings is 2. The standard InChI is InChI=1S/C24H19FN4O3/c1-24(2,3)32-23(31)28-9-8-16-20(22(28)30)18-14-6-5-13(25)10-17(14)29-21-12(11-26-29)4-7-15(27-16)19(18)21/h4-7,10-11H,8-9H2,1-3H3. The van der Waals surface area contributed by atoms with E-state index in [0.29, 0.717) is 34.0 Å². The molecule has 3 aromatic heterocycles. The smallest absolute Gasteiger partial charge is 0.417 e. The third-order valence-electron chi connectivity index (χ3n) is 5.86. The average molecular weight is 430 g/mol. The highest BCUT2D eigenvalue weighted by molar-refractivity contribution is 6.28. The lowest BCUT2D eigenvalue weighted by atomic mass is 9.93. The molecule has 160 valence electrons. The van der Waals surface area contributed by atoms with Crippen molar-refractivity contribution in [1.82, 2.24) is 19.5 Å². The van der Waals surface area contributed by atoms with Crippen molar-refractivity contribution in [3.63, 3.8) is 0 Å². The van der Waals surface area contributed by atoms with Gasteiger partial charge in [-0.15, -0.1) is 0 Å². The fraction of sp³-hybridized carbons (Fsp3) is 0.250. The highest BCUT2D eigenvalue weighted by Gasteiger charge is 2.36. The summed E-state index contributed by atoms with van der Waals surface area (Å²) in [6, 6.07) is 8.27. The number of fused-ring (bicyclic) bond motifs is 5. The molecule has 4 heterocycles. The molecule has 1 aliphatic rings. The van der Waals surface area contributed by atoms with Crippen molar-refractivity contribution >= 4 is 50.1 Å². The van der Waals surface area contributed by atoms with Gasteiger partial charge in [-0.1, -0.05) is 0 Å². The molecule has 0 unspecified atom stereocenters. The van der Waals surface area contributed by atoms with Gasteiger partial charge >= 0.3 is 6.09 Å². The summed E-state index contributed by atoms with van der Waals surface area (Å²) in [4.78, 5) is 32.3. The second-order valence-electron chi connectivity index (χ2n) is 9.11. The summed E-state index contributed by atoms with van der Waals surface area (Å²) in [5, 5.41) is 7.44.